The lowest BCUT2D eigenvalue weighted by Crippen LogP contribution is -2.54. The van der Waals surface area contributed by atoms with Crippen LogP contribution in [-0.4, -0.2) is 29.3 Å². The lowest BCUT2D eigenvalue weighted by atomic mass is 9.65. The van der Waals surface area contributed by atoms with Crippen LogP contribution in [0.25, 0.3) is 0 Å². The van der Waals surface area contributed by atoms with E-state index in [0.29, 0.717) is 6.54 Å². The Bertz CT molecular complexity index is 953. The molecule has 4 nitrogen and oxygen atoms in total. The predicted molar refractivity (Wildman–Crippen MR) is 114 cm³/mol. The fraction of sp³-hybridized carbons (Fsp3) is 0.348. The number of benzene rings is 2. The number of para-hydroxylation sites is 1. The van der Waals surface area contributed by atoms with Crippen LogP contribution in [0.3, 0.4) is 0 Å². The number of nitrogens with zero attached hydrogens (tertiary/aromatic N) is 2. The quantitative estimate of drug-likeness (QED) is 0.674. The molecule has 4 rings (SSSR count). The summed E-state index contributed by atoms with van der Waals surface area (Å²) in [7, 11) is 0. The molecular weight excluding hydrogens is 416 g/mol. The number of hydrogen-bond donors (Lipinski definition) is 0. The molecule has 1 unspecified atom stereocenters. The molecule has 2 heterocycles. The van der Waals surface area contributed by atoms with Gasteiger partial charge in [-0.1, -0.05) is 46.3 Å². The zero-order valence-electron chi connectivity index (χ0n) is 16.1. The molecule has 0 radical (unpaired) electrons. The van der Waals surface area contributed by atoms with E-state index in [1.54, 1.807) is 6.92 Å². The number of fused-ring (bicyclic) bond motifs is 2. The molecule has 3 atom stereocenters. The van der Waals surface area contributed by atoms with Crippen LogP contribution in [-0.2, 0) is 15.0 Å². The topological polar surface area (TPSA) is 49.7 Å². The highest BCUT2D eigenvalue weighted by Gasteiger charge is 2.52. The molecule has 0 saturated carbocycles. The standard InChI is InChI=1S/C23H23BrN2O2/c1-15(27)13-20-22(28)26(16(2)17-7-9-18(24)10-8-17)12-11-23(20)14-25-21-6-4-3-5-19(21)23/h3-10,14,16,20H,11-13H2,1-2H3/t16?,20-,23+/m1/s1. The van der Waals surface area contributed by atoms with Crippen molar-refractivity contribution >= 4 is 39.5 Å². The van der Waals surface area contributed by atoms with Crippen molar-refractivity contribution in [3.8, 4) is 0 Å². The molecule has 1 fully saturated rings. The Morgan fingerprint density at radius 3 is 2.68 bits per heavy atom. The van der Waals surface area contributed by atoms with Gasteiger partial charge in [0.05, 0.1) is 17.6 Å². The Kier molecular flexibility index (Phi) is 4.96. The van der Waals surface area contributed by atoms with Crippen LogP contribution in [0, 0.1) is 5.92 Å². The van der Waals surface area contributed by atoms with Crippen molar-refractivity contribution in [1.29, 1.82) is 0 Å². The molecule has 1 amide bonds. The normalized spacial score (nSPS) is 24.5. The van der Waals surface area contributed by atoms with Crippen molar-refractivity contribution in [2.24, 2.45) is 10.9 Å². The van der Waals surface area contributed by atoms with Crippen LogP contribution in [0.15, 0.2) is 58.0 Å². The van der Waals surface area contributed by atoms with Crippen LogP contribution in [0.5, 0.6) is 0 Å². The molecule has 1 spiro atoms. The molecule has 2 aliphatic heterocycles. The number of hydrogen-bond acceptors (Lipinski definition) is 3. The van der Waals surface area contributed by atoms with Gasteiger partial charge in [-0.05, 0) is 49.6 Å². The maximum absolute atomic E-state index is 13.6. The van der Waals surface area contributed by atoms with Crippen molar-refractivity contribution in [1.82, 2.24) is 4.90 Å². The molecule has 0 N–H and O–H groups in total. The number of aliphatic imine (C=N–C) groups is 1. The van der Waals surface area contributed by atoms with Gasteiger partial charge in [-0.15, -0.1) is 0 Å². The number of piperidine rings is 1. The predicted octanol–water partition coefficient (Wildman–Crippen LogP) is 4.99. The maximum Gasteiger partial charge on any atom is 0.227 e. The van der Waals surface area contributed by atoms with Gasteiger partial charge in [0, 0.05) is 29.1 Å². The summed E-state index contributed by atoms with van der Waals surface area (Å²) in [5.41, 5.74) is 2.60. The largest absolute Gasteiger partial charge is 0.336 e. The van der Waals surface area contributed by atoms with Crippen LogP contribution < -0.4 is 0 Å². The first-order valence-corrected chi connectivity index (χ1v) is 10.4. The first kappa shape index (κ1) is 19.1. The van der Waals surface area contributed by atoms with E-state index in [4.69, 9.17) is 0 Å². The number of likely N-dealkylation sites (tertiary alicyclic amines) is 1. The second-order valence-corrected chi connectivity index (χ2v) is 8.70. The smallest absolute Gasteiger partial charge is 0.227 e. The van der Waals surface area contributed by atoms with E-state index >= 15 is 0 Å². The van der Waals surface area contributed by atoms with Crippen LogP contribution in [0.2, 0.25) is 0 Å². The van der Waals surface area contributed by atoms with Crippen molar-refractivity contribution in [3.05, 3.63) is 64.1 Å². The Morgan fingerprint density at radius 2 is 1.96 bits per heavy atom. The Hall–Kier alpha value is -2.27. The van der Waals surface area contributed by atoms with Crippen molar-refractivity contribution in [2.45, 2.75) is 38.1 Å². The Morgan fingerprint density at radius 1 is 1.25 bits per heavy atom. The second-order valence-electron chi connectivity index (χ2n) is 7.78. The highest BCUT2D eigenvalue weighted by atomic mass is 79.9. The number of carbonyl (C=O) groups excluding carboxylic acids is 2. The Labute approximate surface area is 173 Å². The summed E-state index contributed by atoms with van der Waals surface area (Å²) in [6, 6.07) is 16.0. The molecule has 2 aromatic rings. The second kappa shape index (κ2) is 7.28. The third kappa shape index (κ3) is 3.12. The van der Waals surface area contributed by atoms with E-state index in [2.05, 4.69) is 33.9 Å². The molecule has 2 aliphatic rings. The summed E-state index contributed by atoms with van der Waals surface area (Å²) in [5, 5.41) is 0. The average molecular weight is 439 g/mol. The van der Waals surface area contributed by atoms with Gasteiger partial charge >= 0.3 is 0 Å². The zero-order chi connectivity index (χ0) is 19.9. The fourth-order valence-electron chi connectivity index (χ4n) is 4.58. The minimum Gasteiger partial charge on any atom is -0.336 e. The van der Waals surface area contributed by atoms with Gasteiger partial charge in [-0.3, -0.25) is 9.79 Å². The number of halogens is 1. The lowest BCUT2D eigenvalue weighted by molar-refractivity contribution is -0.145. The summed E-state index contributed by atoms with van der Waals surface area (Å²) in [4.78, 5) is 32.2. The number of Topliss-reactive ketones (excluding diaryl/α,β-unsaturated/α-hetero) is 1. The van der Waals surface area contributed by atoms with E-state index in [0.717, 1.165) is 27.7 Å². The van der Waals surface area contributed by atoms with Gasteiger partial charge in [0.1, 0.15) is 5.78 Å². The SMILES string of the molecule is CC(=O)C[C@@H]1C(=O)N(C(C)c2ccc(Br)cc2)CC[C@@]12C=Nc1ccccc12. The zero-order valence-corrected chi connectivity index (χ0v) is 17.6. The van der Waals surface area contributed by atoms with E-state index in [9.17, 15) is 9.59 Å². The summed E-state index contributed by atoms with van der Waals surface area (Å²) in [5.74, 6) is -0.335. The van der Waals surface area contributed by atoms with E-state index in [1.807, 2.05) is 53.6 Å². The molecule has 0 aromatic heterocycles. The van der Waals surface area contributed by atoms with Crippen molar-refractivity contribution in [3.63, 3.8) is 0 Å². The van der Waals surface area contributed by atoms with Crippen molar-refractivity contribution < 1.29 is 9.59 Å². The summed E-state index contributed by atoms with van der Waals surface area (Å²) in [6.07, 6.45) is 2.94. The average Bonchev–Trinajstić information content (AvgIpc) is 3.05. The van der Waals surface area contributed by atoms with Crippen LogP contribution in [0.4, 0.5) is 5.69 Å². The van der Waals surface area contributed by atoms with E-state index < -0.39 is 11.3 Å². The van der Waals surface area contributed by atoms with Crippen LogP contribution in [0.1, 0.15) is 43.9 Å². The van der Waals surface area contributed by atoms with Gasteiger partial charge in [-0.2, -0.15) is 0 Å². The summed E-state index contributed by atoms with van der Waals surface area (Å²) < 4.78 is 1.01. The number of ketones is 1. The lowest BCUT2D eigenvalue weighted by Gasteiger charge is -2.46. The number of carbonyl (C=O) groups is 2. The van der Waals surface area contributed by atoms with Gasteiger partial charge < -0.3 is 9.69 Å². The first-order chi connectivity index (χ1) is 13.4. The summed E-state index contributed by atoms with van der Waals surface area (Å²) in [6.45, 7) is 4.27. The third-order valence-corrected chi connectivity index (χ3v) is 6.65. The maximum atomic E-state index is 13.6. The van der Waals surface area contributed by atoms with Gasteiger partial charge in [0.25, 0.3) is 0 Å². The Balaban J connectivity index is 1.70. The molecule has 1 saturated heterocycles. The highest BCUT2D eigenvalue weighted by Crippen LogP contribution is 2.49. The monoisotopic (exact) mass is 438 g/mol. The molecule has 0 bridgehead atoms. The highest BCUT2D eigenvalue weighted by molar-refractivity contribution is 9.10. The van der Waals surface area contributed by atoms with Crippen molar-refractivity contribution in [2.75, 3.05) is 6.54 Å². The first-order valence-electron chi connectivity index (χ1n) is 9.62. The van der Waals surface area contributed by atoms with Gasteiger partial charge in [0.2, 0.25) is 5.91 Å². The molecule has 2 aromatic carbocycles. The van der Waals surface area contributed by atoms with E-state index in [1.165, 1.54) is 0 Å². The number of rotatable bonds is 4. The fourth-order valence-corrected chi connectivity index (χ4v) is 4.85. The molecule has 5 heteroatoms. The summed E-state index contributed by atoms with van der Waals surface area (Å²) >= 11 is 3.46. The molecular formula is C23H23BrN2O2. The molecule has 28 heavy (non-hydrogen) atoms. The minimum absolute atomic E-state index is 0.0358. The van der Waals surface area contributed by atoms with Gasteiger partial charge in [-0.25, -0.2) is 0 Å². The minimum atomic E-state index is -0.477. The molecule has 0 aliphatic carbocycles. The van der Waals surface area contributed by atoms with Crippen LogP contribution >= 0.6 is 15.9 Å². The van der Waals surface area contributed by atoms with Gasteiger partial charge in [0.15, 0.2) is 0 Å². The van der Waals surface area contributed by atoms with E-state index in [-0.39, 0.29) is 24.2 Å². The third-order valence-electron chi connectivity index (χ3n) is 6.12. The molecule has 144 valence electrons. The number of amides is 1.